The van der Waals surface area contributed by atoms with Crippen LogP contribution in [0.15, 0.2) is 19.7 Å². The Bertz CT molecular complexity index is 533. The highest BCUT2D eigenvalue weighted by atomic mass is 79.9. The molecule has 0 spiro atoms. The molecule has 6 heteroatoms. The Kier molecular flexibility index (Phi) is 2.99. The lowest BCUT2D eigenvalue weighted by molar-refractivity contribution is 0.173. The van der Waals surface area contributed by atoms with E-state index in [1.165, 1.54) is 4.88 Å². The fourth-order valence-corrected chi connectivity index (χ4v) is 4.70. The van der Waals surface area contributed by atoms with E-state index in [4.69, 9.17) is 9.47 Å². The van der Waals surface area contributed by atoms with Crippen molar-refractivity contribution < 1.29 is 9.47 Å². The molecule has 0 atom stereocenters. The number of fused-ring (bicyclic) bond motifs is 1. The number of hydrogen-bond acceptors (Lipinski definition) is 4. The van der Waals surface area contributed by atoms with Crippen molar-refractivity contribution in [1.82, 2.24) is 0 Å². The van der Waals surface area contributed by atoms with E-state index in [1.54, 1.807) is 22.7 Å². The smallest absolute Gasteiger partial charge is 0.187 e. The first-order chi connectivity index (χ1) is 7.75. The van der Waals surface area contributed by atoms with Crippen molar-refractivity contribution in [1.29, 1.82) is 0 Å². The molecule has 0 amide bonds. The van der Waals surface area contributed by atoms with Crippen LogP contribution in [0.25, 0.3) is 9.75 Å². The van der Waals surface area contributed by atoms with E-state index in [1.807, 2.05) is 6.07 Å². The van der Waals surface area contributed by atoms with Gasteiger partial charge in [0.2, 0.25) is 0 Å². The average molecular weight is 382 g/mol. The summed E-state index contributed by atoms with van der Waals surface area (Å²) in [5.74, 6) is 1.72. The maximum absolute atomic E-state index is 5.69. The van der Waals surface area contributed by atoms with Gasteiger partial charge in [0.1, 0.15) is 17.0 Å². The lowest BCUT2D eigenvalue weighted by Gasteiger charge is -2.15. The first kappa shape index (κ1) is 11.1. The van der Waals surface area contributed by atoms with Crippen molar-refractivity contribution in [3.05, 3.63) is 19.7 Å². The molecule has 3 rings (SSSR count). The van der Waals surface area contributed by atoms with Crippen molar-refractivity contribution in [2.24, 2.45) is 0 Å². The highest BCUT2D eigenvalue weighted by molar-refractivity contribution is 9.11. The summed E-state index contributed by atoms with van der Waals surface area (Å²) < 4.78 is 13.4. The van der Waals surface area contributed by atoms with E-state index < -0.39 is 0 Å². The second-order valence-corrected chi connectivity index (χ2v) is 7.97. The minimum atomic E-state index is 0.621. The third-order valence-corrected chi connectivity index (χ3v) is 5.75. The number of thiophene rings is 2. The van der Waals surface area contributed by atoms with Gasteiger partial charge in [-0.05, 0) is 44.0 Å². The topological polar surface area (TPSA) is 18.5 Å². The Morgan fingerprint density at radius 3 is 2.44 bits per heavy atom. The van der Waals surface area contributed by atoms with Crippen LogP contribution in [-0.2, 0) is 0 Å². The van der Waals surface area contributed by atoms with Gasteiger partial charge in [-0.1, -0.05) is 0 Å². The molecule has 3 heterocycles. The molecule has 0 aliphatic carbocycles. The van der Waals surface area contributed by atoms with E-state index >= 15 is 0 Å². The Balaban J connectivity index is 2.14. The maximum Gasteiger partial charge on any atom is 0.187 e. The fraction of sp³-hybridized carbons (Fsp3) is 0.200. The van der Waals surface area contributed by atoms with Gasteiger partial charge in [0.05, 0.1) is 8.66 Å². The predicted molar refractivity (Wildman–Crippen MR) is 74.0 cm³/mol. The molecule has 16 heavy (non-hydrogen) atoms. The Morgan fingerprint density at radius 1 is 1.00 bits per heavy atom. The number of ether oxygens (including phenoxy) is 2. The molecule has 1 aliphatic rings. The minimum Gasteiger partial charge on any atom is -0.485 e. The summed E-state index contributed by atoms with van der Waals surface area (Å²) in [4.78, 5) is 2.33. The molecule has 1 aliphatic heterocycles. The SMILES string of the molecule is Brc1ccc(-c2sc(Br)c3c2OCCO3)s1. The van der Waals surface area contributed by atoms with E-state index in [0.29, 0.717) is 13.2 Å². The Labute approximate surface area is 117 Å². The van der Waals surface area contributed by atoms with Crippen LogP contribution < -0.4 is 9.47 Å². The summed E-state index contributed by atoms with van der Waals surface area (Å²) >= 11 is 10.3. The maximum atomic E-state index is 5.69. The van der Waals surface area contributed by atoms with Gasteiger partial charge in [0.25, 0.3) is 0 Å². The molecule has 84 valence electrons. The molecule has 0 bridgehead atoms. The van der Waals surface area contributed by atoms with Gasteiger partial charge in [-0.15, -0.1) is 22.7 Å². The predicted octanol–water partition coefficient (Wildman–Crippen LogP) is 4.77. The summed E-state index contributed by atoms with van der Waals surface area (Å²) in [5.41, 5.74) is 0. The van der Waals surface area contributed by atoms with Crippen molar-refractivity contribution >= 4 is 54.5 Å². The molecule has 0 unspecified atom stereocenters. The molecular formula is C10H6Br2O2S2. The van der Waals surface area contributed by atoms with Gasteiger partial charge >= 0.3 is 0 Å². The zero-order chi connectivity index (χ0) is 11.1. The second kappa shape index (κ2) is 4.33. The standard InChI is InChI=1S/C10H6Br2O2S2/c11-6-2-1-5(15-6)9-7-8(10(12)16-9)14-4-3-13-7/h1-2H,3-4H2. The van der Waals surface area contributed by atoms with Crippen LogP contribution in [0.2, 0.25) is 0 Å². The molecule has 0 radical (unpaired) electrons. The molecular weight excluding hydrogens is 376 g/mol. The van der Waals surface area contributed by atoms with Crippen LogP contribution in [0.4, 0.5) is 0 Å². The van der Waals surface area contributed by atoms with E-state index in [0.717, 1.165) is 23.9 Å². The fourth-order valence-electron chi connectivity index (χ4n) is 1.51. The van der Waals surface area contributed by atoms with Gasteiger partial charge in [-0.3, -0.25) is 0 Å². The molecule has 2 nitrogen and oxygen atoms in total. The van der Waals surface area contributed by atoms with Gasteiger partial charge < -0.3 is 9.47 Å². The van der Waals surface area contributed by atoms with E-state index in [9.17, 15) is 0 Å². The van der Waals surface area contributed by atoms with Gasteiger partial charge in [-0.25, -0.2) is 0 Å². The van der Waals surface area contributed by atoms with Crippen molar-refractivity contribution in [3.8, 4) is 21.3 Å². The normalized spacial score (nSPS) is 14.1. The summed E-state index contributed by atoms with van der Waals surface area (Å²) in [6, 6.07) is 4.13. The Morgan fingerprint density at radius 2 is 1.75 bits per heavy atom. The monoisotopic (exact) mass is 380 g/mol. The quantitative estimate of drug-likeness (QED) is 0.708. The van der Waals surface area contributed by atoms with Crippen LogP contribution in [0, 0.1) is 0 Å². The molecule has 0 N–H and O–H groups in total. The first-order valence-corrected chi connectivity index (χ1v) is 7.81. The third kappa shape index (κ3) is 1.81. The number of rotatable bonds is 1. The largest absolute Gasteiger partial charge is 0.485 e. The van der Waals surface area contributed by atoms with E-state index in [-0.39, 0.29) is 0 Å². The summed E-state index contributed by atoms with van der Waals surface area (Å²) in [6.45, 7) is 1.24. The van der Waals surface area contributed by atoms with Gasteiger partial charge in [0.15, 0.2) is 11.5 Å². The second-order valence-electron chi connectivity index (χ2n) is 3.16. The van der Waals surface area contributed by atoms with Gasteiger partial charge in [-0.2, -0.15) is 0 Å². The van der Waals surface area contributed by atoms with Gasteiger partial charge in [0, 0.05) is 4.88 Å². The zero-order valence-corrected chi connectivity index (χ0v) is 12.8. The van der Waals surface area contributed by atoms with Crippen LogP contribution in [-0.4, -0.2) is 13.2 Å². The molecule has 2 aromatic rings. The van der Waals surface area contributed by atoms with Crippen molar-refractivity contribution in [3.63, 3.8) is 0 Å². The van der Waals surface area contributed by atoms with E-state index in [2.05, 4.69) is 37.9 Å². The summed E-state index contributed by atoms with van der Waals surface area (Å²) in [5, 5.41) is 0. The van der Waals surface area contributed by atoms with Crippen LogP contribution in [0.1, 0.15) is 0 Å². The zero-order valence-electron chi connectivity index (χ0n) is 7.96. The van der Waals surface area contributed by atoms with Crippen molar-refractivity contribution in [2.45, 2.75) is 0 Å². The van der Waals surface area contributed by atoms with Crippen LogP contribution >= 0.6 is 54.5 Å². The lowest BCUT2D eigenvalue weighted by atomic mass is 10.3. The lowest BCUT2D eigenvalue weighted by Crippen LogP contribution is -2.14. The molecule has 2 aromatic heterocycles. The van der Waals surface area contributed by atoms with Crippen molar-refractivity contribution in [2.75, 3.05) is 13.2 Å². The van der Waals surface area contributed by atoms with Crippen LogP contribution in [0.3, 0.4) is 0 Å². The number of hydrogen-bond donors (Lipinski definition) is 0. The minimum absolute atomic E-state index is 0.621. The Hall–Kier alpha value is -0.0400. The molecule has 0 aromatic carbocycles. The summed E-state index contributed by atoms with van der Waals surface area (Å²) in [6.07, 6.45) is 0. The molecule has 0 saturated carbocycles. The average Bonchev–Trinajstić information content (AvgIpc) is 2.84. The molecule has 0 saturated heterocycles. The first-order valence-electron chi connectivity index (χ1n) is 4.59. The highest BCUT2D eigenvalue weighted by Crippen LogP contribution is 2.53. The summed E-state index contributed by atoms with van der Waals surface area (Å²) in [7, 11) is 0. The molecule has 0 fully saturated rings. The third-order valence-electron chi connectivity index (χ3n) is 2.16. The van der Waals surface area contributed by atoms with Crippen LogP contribution in [0.5, 0.6) is 11.5 Å². The number of halogens is 2. The highest BCUT2D eigenvalue weighted by Gasteiger charge is 2.24.